The maximum atomic E-state index is 11.2. The van der Waals surface area contributed by atoms with Gasteiger partial charge >= 0.3 is 5.00 Å². The van der Waals surface area contributed by atoms with E-state index in [-0.39, 0.29) is 9.92 Å². The first-order chi connectivity index (χ1) is 10.1. The quantitative estimate of drug-likeness (QED) is 0.667. The highest BCUT2D eigenvalue weighted by atomic mass is 35.5. The second-order valence-electron chi connectivity index (χ2n) is 5.16. The van der Waals surface area contributed by atoms with Crippen molar-refractivity contribution >= 4 is 43.7 Å². The van der Waals surface area contributed by atoms with Gasteiger partial charge in [-0.05, 0) is 44.1 Å². The van der Waals surface area contributed by atoms with Crippen LogP contribution in [0.5, 0.6) is 0 Å². The van der Waals surface area contributed by atoms with Gasteiger partial charge in [-0.3, -0.25) is 10.1 Å². The number of halogens is 1. The van der Waals surface area contributed by atoms with Gasteiger partial charge in [0.25, 0.3) is 0 Å². The lowest BCUT2D eigenvalue weighted by atomic mass is 10.2. The first-order valence-corrected chi connectivity index (χ1v) is 8.17. The van der Waals surface area contributed by atoms with Gasteiger partial charge in [0, 0.05) is 28.2 Å². The SMILES string of the molecule is O=[N+]([O-])c1sc2ccc(Cl)cc2c1NCCN1CCCC1. The average Bonchev–Trinajstić information content (AvgIpc) is 3.07. The minimum absolute atomic E-state index is 0.161. The van der Waals surface area contributed by atoms with Crippen molar-refractivity contribution in [2.24, 2.45) is 0 Å². The lowest BCUT2D eigenvalue weighted by Gasteiger charge is -2.14. The number of hydrogen-bond acceptors (Lipinski definition) is 5. The Bertz CT molecular complexity index is 668. The minimum Gasteiger partial charge on any atom is -0.377 e. The number of hydrogen-bond donors (Lipinski definition) is 1. The molecule has 0 bridgehead atoms. The first kappa shape index (κ1) is 14.6. The second-order valence-corrected chi connectivity index (χ2v) is 6.62. The predicted octanol–water partition coefficient (Wildman–Crippen LogP) is 3.97. The summed E-state index contributed by atoms with van der Waals surface area (Å²) in [6, 6.07) is 5.39. The van der Waals surface area contributed by atoms with Crippen LogP contribution in [0.2, 0.25) is 5.02 Å². The standard InChI is InChI=1S/C14H16ClN3O2S/c15-10-3-4-12-11(9-10)13(14(21-12)18(19)20)16-5-8-17-6-1-2-7-17/h3-4,9,16H,1-2,5-8H2. The van der Waals surface area contributed by atoms with Gasteiger partial charge in [-0.15, -0.1) is 0 Å². The summed E-state index contributed by atoms with van der Waals surface area (Å²) in [4.78, 5) is 13.3. The van der Waals surface area contributed by atoms with Crippen molar-refractivity contribution < 1.29 is 4.92 Å². The highest BCUT2D eigenvalue weighted by Crippen LogP contribution is 2.42. The molecule has 3 rings (SSSR count). The van der Waals surface area contributed by atoms with Crippen molar-refractivity contribution in [1.82, 2.24) is 4.90 Å². The van der Waals surface area contributed by atoms with E-state index in [1.807, 2.05) is 6.07 Å². The summed E-state index contributed by atoms with van der Waals surface area (Å²) in [5, 5.41) is 16.1. The number of nitrogens with zero attached hydrogens (tertiary/aromatic N) is 2. The Hall–Kier alpha value is -1.37. The number of anilines is 1. The van der Waals surface area contributed by atoms with Crippen molar-refractivity contribution in [2.75, 3.05) is 31.5 Å². The van der Waals surface area contributed by atoms with Gasteiger partial charge in [0.1, 0.15) is 5.69 Å². The van der Waals surface area contributed by atoms with Crippen LogP contribution in [0.25, 0.3) is 10.1 Å². The fourth-order valence-electron chi connectivity index (χ4n) is 2.70. The van der Waals surface area contributed by atoms with Crippen LogP contribution in [0.1, 0.15) is 12.8 Å². The zero-order valence-electron chi connectivity index (χ0n) is 11.5. The van der Waals surface area contributed by atoms with Gasteiger partial charge in [-0.25, -0.2) is 0 Å². The van der Waals surface area contributed by atoms with Gasteiger partial charge in [0.2, 0.25) is 0 Å². The highest BCUT2D eigenvalue weighted by molar-refractivity contribution is 7.23. The molecule has 1 saturated heterocycles. The molecule has 5 nitrogen and oxygen atoms in total. The van der Waals surface area contributed by atoms with E-state index in [1.54, 1.807) is 12.1 Å². The first-order valence-electron chi connectivity index (χ1n) is 6.98. The summed E-state index contributed by atoms with van der Waals surface area (Å²) in [5.74, 6) is 0. The van der Waals surface area contributed by atoms with Crippen molar-refractivity contribution in [1.29, 1.82) is 0 Å². The molecule has 112 valence electrons. The molecule has 1 fully saturated rings. The molecule has 0 unspecified atom stereocenters. The van der Waals surface area contributed by atoms with Gasteiger partial charge < -0.3 is 10.2 Å². The van der Waals surface area contributed by atoms with E-state index >= 15 is 0 Å². The van der Waals surface area contributed by atoms with Crippen molar-refractivity contribution in [3.63, 3.8) is 0 Å². The molecule has 1 aliphatic heterocycles. The second kappa shape index (κ2) is 6.17. The third-order valence-corrected chi connectivity index (χ3v) is 5.08. The van der Waals surface area contributed by atoms with Crippen LogP contribution in [-0.4, -0.2) is 36.0 Å². The smallest absolute Gasteiger partial charge is 0.348 e. The van der Waals surface area contributed by atoms with E-state index < -0.39 is 0 Å². The Morgan fingerprint density at radius 3 is 2.86 bits per heavy atom. The van der Waals surface area contributed by atoms with Crippen LogP contribution < -0.4 is 5.32 Å². The maximum Gasteiger partial charge on any atom is 0.348 e. The Morgan fingerprint density at radius 2 is 2.14 bits per heavy atom. The third-order valence-electron chi connectivity index (χ3n) is 3.73. The zero-order chi connectivity index (χ0) is 14.8. The van der Waals surface area contributed by atoms with E-state index in [1.165, 1.54) is 24.2 Å². The minimum atomic E-state index is -0.323. The summed E-state index contributed by atoms with van der Waals surface area (Å²) in [7, 11) is 0. The summed E-state index contributed by atoms with van der Waals surface area (Å²) in [6.45, 7) is 3.87. The van der Waals surface area contributed by atoms with E-state index in [0.717, 1.165) is 29.7 Å². The lowest BCUT2D eigenvalue weighted by Crippen LogP contribution is -2.26. The average molecular weight is 326 g/mol. The molecule has 0 atom stereocenters. The topological polar surface area (TPSA) is 58.4 Å². The molecule has 1 aromatic carbocycles. The van der Waals surface area contributed by atoms with Crippen LogP contribution >= 0.6 is 22.9 Å². The summed E-state index contributed by atoms with van der Waals surface area (Å²) >= 11 is 7.21. The van der Waals surface area contributed by atoms with Crippen molar-refractivity contribution in [3.05, 3.63) is 33.3 Å². The van der Waals surface area contributed by atoms with Crippen molar-refractivity contribution in [2.45, 2.75) is 12.8 Å². The number of benzene rings is 1. The van der Waals surface area contributed by atoms with Crippen LogP contribution in [0.15, 0.2) is 18.2 Å². The van der Waals surface area contributed by atoms with Crippen LogP contribution in [0.4, 0.5) is 10.7 Å². The Kier molecular flexibility index (Phi) is 4.28. The van der Waals surface area contributed by atoms with Gasteiger partial charge in [0.15, 0.2) is 0 Å². The van der Waals surface area contributed by atoms with Gasteiger partial charge in [0.05, 0.1) is 4.92 Å². The number of nitrogens with one attached hydrogen (secondary N) is 1. The Balaban J connectivity index is 1.82. The molecule has 2 heterocycles. The van der Waals surface area contributed by atoms with E-state index in [4.69, 9.17) is 11.6 Å². The van der Waals surface area contributed by atoms with E-state index in [2.05, 4.69) is 10.2 Å². The molecule has 0 spiro atoms. The third kappa shape index (κ3) is 3.12. The van der Waals surface area contributed by atoms with Crippen LogP contribution in [-0.2, 0) is 0 Å². The van der Waals surface area contributed by atoms with E-state index in [9.17, 15) is 10.1 Å². The van der Waals surface area contributed by atoms with Crippen LogP contribution in [0.3, 0.4) is 0 Å². The number of fused-ring (bicyclic) bond motifs is 1. The fraction of sp³-hybridized carbons (Fsp3) is 0.429. The maximum absolute atomic E-state index is 11.2. The predicted molar refractivity (Wildman–Crippen MR) is 87.7 cm³/mol. The molecule has 0 radical (unpaired) electrons. The largest absolute Gasteiger partial charge is 0.377 e. The van der Waals surface area contributed by atoms with Gasteiger partial charge in [-0.1, -0.05) is 22.9 Å². The number of likely N-dealkylation sites (tertiary alicyclic amines) is 1. The fourth-order valence-corrected chi connectivity index (χ4v) is 3.85. The summed E-state index contributed by atoms with van der Waals surface area (Å²) in [5.41, 5.74) is 0.599. The Labute approximate surface area is 131 Å². The molecule has 7 heteroatoms. The molecule has 21 heavy (non-hydrogen) atoms. The molecule has 1 N–H and O–H groups in total. The lowest BCUT2D eigenvalue weighted by molar-refractivity contribution is -0.379. The molecule has 0 saturated carbocycles. The van der Waals surface area contributed by atoms with Gasteiger partial charge in [-0.2, -0.15) is 0 Å². The molecule has 0 amide bonds. The zero-order valence-corrected chi connectivity index (χ0v) is 13.0. The highest BCUT2D eigenvalue weighted by Gasteiger charge is 2.22. The number of rotatable bonds is 5. The molecule has 1 aliphatic rings. The Morgan fingerprint density at radius 1 is 1.38 bits per heavy atom. The molecule has 1 aromatic heterocycles. The monoisotopic (exact) mass is 325 g/mol. The normalized spacial score (nSPS) is 15.7. The molecule has 2 aromatic rings. The summed E-state index contributed by atoms with van der Waals surface area (Å²) in [6.07, 6.45) is 2.49. The number of nitro groups is 1. The molecule has 0 aliphatic carbocycles. The molecular weight excluding hydrogens is 310 g/mol. The molecular formula is C14H16ClN3O2S. The number of thiophene rings is 1. The summed E-state index contributed by atoms with van der Waals surface area (Å²) < 4.78 is 0.884. The van der Waals surface area contributed by atoms with Crippen molar-refractivity contribution in [3.8, 4) is 0 Å². The van der Waals surface area contributed by atoms with E-state index in [0.29, 0.717) is 17.3 Å². The van der Waals surface area contributed by atoms with Crippen LogP contribution in [0, 0.1) is 10.1 Å².